The molecule has 0 N–H and O–H groups in total. The topological polar surface area (TPSA) is 35.5 Å². The molecule has 1 aromatic rings. The van der Waals surface area contributed by atoms with Crippen LogP contribution in [0.4, 0.5) is 0 Å². The summed E-state index contributed by atoms with van der Waals surface area (Å²) in [5.41, 5.74) is 1.31. The van der Waals surface area contributed by atoms with E-state index in [-0.39, 0.29) is 5.97 Å². The smallest absolute Gasteiger partial charge is 0.342 e. The molecule has 0 aliphatic carbocycles. The fourth-order valence-corrected chi connectivity index (χ4v) is 2.01. The molecule has 1 aromatic carbocycles. The number of methoxy groups -OCH3 is 1. The van der Waals surface area contributed by atoms with Crippen LogP contribution < -0.4 is 4.74 Å². The number of esters is 1. The summed E-state index contributed by atoms with van der Waals surface area (Å²) < 4.78 is 10.6. The van der Waals surface area contributed by atoms with Gasteiger partial charge in [0.2, 0.25) is 0 Å². The summed E-state index contributed by atoms with van der Waals surface area (Å²) in [6, 6.07) is 5.52. The second-order valence-corrected chi connectivity index (χ2v) is 4.34. The summed E-state index contributed by atoms with van der Waals surface area (Å²) in [5, 5.41) is 0. The summed E-state index contributed by atoms with van der Waals surface area (Å²) >= 11 is 0. The standard InChI is InChI=1S/C16H18O3/c1-18-14-11-8-10-13-9-6-4-2-3-5-7-12-19-16(17)15(13)14/h2,4,6,8-11H,3,5,7,12H2,1H3/b4-2-,9-6+. The summed E-state index contributed by atoms with van der Waals surface area (Å²) in [7, 11) is 1.56. The summed E-state index contributed by atoms with van der Waals surface area (Å²) in [4.78, 5) is 12.1. The first kappa shape index (κ1) is 13.4. The van der Waals surface area contributed by atoms with Crippen molar-refractivity contribution in [1.29, 1.82) is 0 Å². The van der Waals surface area contributed by atoms with Crippen molar-refractivity contribution in [3.63, 3.8) is 0 Å². The third-order valence-electron chi connectivity index (χ3n) is 3.00. The van der Waals surface area contributed by atoms with Gasteiger partial charge in [0.1, 0.15) is 11.3 Å². The molecular formula is C16H18O3. The zero-order valence-corrected chi connectivity index (χ0v) is 11.1. The average Bonchev–Trinajstić information content (AvgIpc) is 2.43. The van der Waals surface area contributed by atoms with Crippen LogP contribution in [0.15, 0.2) is 36.4 Å². The minimum Gasteiger partial charge on any atom is -0.496 e. The molecule has 0 atom stereocenters. The van der Waals surface area contributed by atoms with Crippen LogP contribution in [0, 0.1) is 0 Å². The molecule has 0 spiro atoms. The molecule has 0 radical (unpaired) electrons. The Bertz CT molecular complexity index is 501. The molecule has 0 bridgehead atoms. The van der Waals surface area contributed by atoms with E-state index in [2.05, 4.69) is 6.08 Å². The molecule has 0 aromatic heterocycles. The van der Waals surface area contributed by atoms with Gasteiger partial charge >= 0.3 is 5.97 Å². The van der Waals surface area contributed by atoms with Gasteiger partial charge in [0.25, 0.3) is 0 Å². The number of cyclic esters (lactones) is 1. The molecule has 0 unspecified atom stereocenters. The molecule has 3 nitrogen and oxygen atoms in total. The van der Waals surface area contributed by atoms with E-state index in [9.17, 15) is 4.79 Å². The molecule has 1 aliphatic heterocycles. The Hall–Kier alpha value is -2.03. The normalized spacial score (nSPS) is 19.3. The molecule has 3 heteroatoms. The monoisotopic (exact) mass is 258 g/mol. The lowest BCUT2D eigenvalue weighted by molar-refractivity contribution is 0.0495. The van der Waals surface area contributed by atoms with Gasteiger partial charge in [-0.3, -0.25) is 0 Å². The van der Waals surface area contributed by atoms with Gasteiger partial charge in [-0.25, -0.2) is 4.79 Å². The van der Waals surface area contributed by atoms with Crippen LogP contribution in [-0.2, 0) is 4.74 Å². The van der Waals surface area contributed by atoms with Crippen LogP contribution >= 0.6 is 0 Å². The SMILES string of the molecule is COc1cccc2c1C(=O)OCCCC/C=C\C=C\2. The number of hydrogen-bond acceptors (Lipinski definition) is 3. The summed E-state index contributed by atoms with van der Waals surface area (Å²) in [5.74, 6) is 0.231. The molecule has 0 saturated carbocycles. The predicted molar refractivity (Wildman–Crippen MR) is 75.3 cm³/mol. The van der Waals surface area contributed by atoms with Gasteiger partial charge in [0, 0.05) is 0 Å². The number of hydrogen-bond donors (Lipinski definition) is 0. The Morgan fingerprint density at radius 3 is 2.95 bits per heavy atom. The molecule has 19 heavy (non-hydrogen) atoms. The van der Waals surface area contributed by atoms with Crippen molar-refractivity contribution >= 4 is 12.0 Å². The van der Waals surface area contributed by atoms with E-state index in [4.69, 9.17) is 9.47 Å². The highest BCUT2D eigenvalue weighted by molar-refractivity contribution is 5.96. The number of carbonyl (C=O) groups is 1. The molecule has 100 valence electrons. The Morgan fingerprint density at radius 1 is 1.21 bits per heavy atom. The third kappa shape index (κ3) is 3.47. The van der Waals surface area contributed by atoms with E-state index in [0.717, 1.165) is 24.8 Å². The van der Waals surface area contributed by atoms with Gasteiger partial charge in [-0.2, -0.15) is 0 Å². The van der Waals surface area contributed by atoms with Crippen LogP contribution in [0.25, 0.3) is 6.08 Å². The average molecular weight is 258 g/mol. The molecule has 0 amide bonds. The highest BCUT2D eigenvalue weighted by Gasteiger charge is 2.17. The van der Waals surface area contributed by atoms with Crippen molar-refractivity contribution in [2.24, 2.45) is 0 Å². The Morgan fingerprint density at radius 2 is 2.11 bits per heavy atom. The van der Waals surface area contributed by atoms with Gasteiger partial charge in [-0.15, -0.1) is 0 Å². The van der Waals surface area contributed by atoms with Crippen molar-refractivity contribution in [3.05, 3.63) is 47.6 Å². The lowest BCUT2D eigenvalue weighted by Crippen LogP contribution is -2.10. The van der Waals surface area contributed by atoms with E-state index >= 15 is 0 Å². The van der Waals surface area contributed by atoms with E-state index in [1.807, 2.05) is 30.4 Å². The first-order chi connectivity index (χ1) is 9.33. The molecule has 1 heterocycles. The zero-order valence-electron chi connectivity index (χ0n) is 11.1. The zero-order chi connectivity index (χ0) is 13.5. The number of benzene rings is 1. The molecular weight excluding hydrogens is 240 g/mol. The van der Waals surface area contributed by atoms with Gasteiger partial charge in [-0.1, -0.05) is 36.4 Å². The number of ether oxygens (including phenoxy) is 2. The van der Waals surface area contributed by atoms with E-state index in [0.29, 0.717) is 17.9 Å². The number of rotatable bonds is 1. The van der Waals surface area contributed by atoms with E-state index in [1.165, 1.54) is 0 Å². The van der Waals surface area contributed by atoms with Crippen molar-refractivity contribution in [3.8, 4) is 5.75 Å². The number of carbonyl (C=O) groups excluding carboxylic acids is 1. The van der Waals surface area contributed by atoms with Crippen molar-refractivity contribution in [2.75, 3.05) is 13.7 Å². The number of fused-ring (bicyclic) bond motifs is 1. The third-order valence-corrected chi connectivity index (χ3v) is 3.00. The van der Waals surface area contributed by atoms with Crippen LogP contribution in [0.5, 0.6) is 5.75 Å². The van der Waals surface area contributed by atoms with E-state index in [1.54, 1.807) is 13.2 Å². The largest absolute Gasteiger partial charge is 0.496 e. The van der Waals surface area contributed by atoms with E-state index < -0.39 is 0 Å². The predicted octanol–water partition coefficient (Wildman–Crippen LogP) is 3.61. The van der Waals surface area contributed by atoms with Crippen LogP contribution in [0.2, 0.25) is 0 Å². The minimum absolute atomic E-state index is 0.318. The Kier molecular flexibility index (Phi) is 4.78. The Labute approximate surface area is 113 Å². The minimum atomic E-state index is -0.318. The van der Waals surface area contributed by atoms with Crippen molar-refractivity contribution in [1.82, 2.24) is 0 Å². The first-order valence-corrected chi connectivity index (χ1v) is 6.50. The lowest BCUT2D eigenvalue weighted by Gasteiger charge is -2.11. The van der Waals surface area contributed by atoms with Crippen LogP contribution in [0.3, 0.4) is 0 Å². The van der Waals surface area contributed by atoms with Gasteiger partial charge in [-0.05, 0) is 30.9 Å². The maximum absolute atomic E-state index is 12.1. The number of allylic oxidation sites excluding steroid dienone is 3. The highest BCUT2D eigenvalue weighted by atomic mass is 16.5. The fourth-order valence-electron chi connectivity index (χ4n) is 2.01. The highest BCUT2D eigenvalue weighted by Crippen LogP contribution is 2.24. The quantitative estimate of drug-likeness (QED) is 0.722. The Balaban J connectivity index is 2.41. The van der Waals surface area contributed by atoms with Crippen molar-refractivity contribution in [2.45, 2.75) is 19.3 Å². The van der Waals surface area contributed by atoms with Crippen LogP contribution in [-0.4, -0.2) is 19.7 Å². The van der Waals surface area contributed by atoms with Gasteiger partial charge in [0.05, 0.1) is 13.7 Å². The van der Waals surface area contributed by atoms with Gasteiger partial charge in [0.15, 0.2) is 0 Å². The molecule has 2 rings (SSSR count). The maximum atomic E-state index is 12.1. The fraction of sp³-hybridized carbons (Fsp3) is 0.312. The second-order valence-electron chi connectivity index (χ2n) is 4.34. The summed E-state index contributed by atoms with van der Waals surface area (Å²) in [6.45, 7) is 0.452. The second kappa shape index (κ2) is 6.78. The molecule has 1 aliphatic rings. The molecule has 0 saturated heterocycles. The summed E-state index contributed by atoms with van der Waals surface area (Å²) in [6.07, 6.45) is 10.9. The van der Waals surface area contributed by atoms with Crippen molar-refractivity contribution < 1.29 is 14.3 Å². The maximum Gasteiger partial charge on any atom is 0.342 e. The van der Waals surface area contributed by atoms with Gasteiger partial charge < -0.3 is 9.47 Å². The van der Waals surface area contributed by atoms with Crippen LogP contribution in [0.1, 0.15) is 35.2 Å². The lowest BCUT2D eigenvalue weighted by atomic mass is 10.1. The first-order valence-electron chi connectivity index (χ1n) is 6.50. The molecule has 0 fully saturated rings.